The topological polar surface area (TPSA) is 86.8 Å². The van der Waals surface area contributed by atoms with Crippen molar-refractivity contribution in [2.24, 2.45) is 0 Å². The number of sulfonamides is 1. The van der Waals surface area contributed by atoms with Gasteiger partial charge in [-0.1, -0.05) is 95.9 Å². The highest BCUT2D eigenvalue weighted by atomic mass is 79.9. The predicted molar refractivity (Wildman–Crippen MR) is 172 cm³/mol. The van der Waals surface area contributed by atoms with E-state index in [1.165, 1.54) is 17.0 Å². The minimum Gasteiger partial charge on any atom is -0.352 e. The quantitative estimate of drug-likeness (QED) is 0.242. The summed E-state index contributed by atoms with van der Waals surface area (Å²) < 4.78 is 27.4. The van der Waals surface area contributed by atoms with Gasteiger partial charge in [0.25, 0.3) is 0 Å². The van der Waals surface area contributed by atoms with E-state index in [1.54, 1.807) is 29.2 Å². The molecule has 1 N–H and O–H groups in total. The molecule has 4 rings (SSSR count). The molecule has 42 heavy (non-hydrogen) atoms. The summed E-state index contributed by atoms with van der Waals surface area (Å²) in [6.45, 7) is 0.430. The Bertz CT molecular complexity index is 1410. The van der Waals surface area contributed by atoms with Gasteiger partial charge in [-0.15, -0.1) is 0 Å². The highest BCUT2D eigenvalue weighted by Crippen LogP contribution is 2.22. The third-order valence-electron chi connectivity index (χ3n) is 7.66. The Labute approximate surface area is 258 Å². The van der Waals surface area contributed by atoms with E-state index >= 15 is 0 Å². The molecular formula is C33H40BrN3O4S. The minimum absolute atomic E-state index is 0.106. The highest BCUT2D eigenvalue weighted by molar-refractivity contribution is 9.10. The lowest BCUT2D eigenvalue weighted by atomic mass is 9.94. The number of hydrogen-bond acceptors (Lipinski definition) is 4. The molecule has 0 unspecified atom stereocenters. The molecule has 3 aromatic carbocycles. The van der Waals surface area contributed by atoms with Crippen molar-refractivity contribution in [3.05, 3.63) is 101 Å². The number of amides is 2. The molecule has 0 spiro atoms. The lowest BCUT2D eigenvalue weighted by molar-refractivity contribution is -0.141. The lowest BCUT2D eigenvalue weighted by Gasteiger charge is -2.34. The first kappa shape index (κ1) is 31.8. The summed E-state index contributed by atoms with van der Waals surface area (Å²) in [7, 11) is -3.54. The molecule has 9 heteroatoms. The summed E-state index contributed by atoms with van der Waals surface area (Å²) in [6, 6.07) is 25.8. The smallest absolute Gasteiger partial charge is 0.243 e. The average molecular weight is 655 g/mol. The maximum Gasteiger partial charge on any atom is 0.243 e. The molecule has 0 aliphatic heterocycles. The van der Waals surface area contributed by atoms with Gasteiger partial charge in [0.05, 0.1) is 11.9 Å². The standard InChI is InChI=1S/C33H40BrN3O4S/c1-42(40,41)37(30-19-9-4-10-20-30)22-12-21-32(38)36(25-27-15-11-16-28(34)23-27)31(24-26-13-5-2-6-14-26)33(39)35-29-17-7-3-8-18-29/h2,4-6,9-11,13-16,19-20,23,29,31H,3,7-8,12,17-18,21-22,24-25H2,1H3,(H,35,39)/t31-/m1/s1. The molecule has 1 saturated carbocycles. The summed E-state index contributed by atoms with van der Waals surface area (Å²) in [5.41, 5.74) is 2.44. The molecular weight excluding hydrogens is 614 g/mol. The molecule has 2 amide bonds. The fraction of sp³-hybridized carbons (Fsp3) is 0.394. The van der Waals surface area contributed by atoms with Crippen LogP contribution < -0.4 is 9.62 Å². The number of rotatable bonds is 13. The van der Waals surface area contributed by atoms with Crippen molar-refractivity contribution in [2.45, 2.75) is 70.0 Å². The van der Waals surface area contributed by atoms with Crippen LogP contribution in [0.5, 0.6) is 0 Å². The zero-order chi connectivity index (χ0) is 30.0. The van der Waals surface area contributed by atoms with Crippen molar-refractivity contribution in [1.29, 1.82) is 0 Å². The Kier molecular flexibility index (Phi) is 11.6. The third-order valence-corrected chi connectivity index (χ3v) is 9.35. The van der Waals surface area contributed by atoms with E-state index in [-0.39, 0.29) is 37.4 Å². The van der Waals surface area contributed by atoms with Gasteiger partial charge in [0.15, 0.2) is 0 Å². The van der Waals surface area contributed by atoms with Crippen LogP contribution in [0.15, 0.2) is 89.4 Å². The number of nitrogens with zero attached hydrogens (tertiary/aromatic N) is 2. The van der Waals surface area contributed by atoms with Crippen molar-refractivity contribution in [2.75, 3.05) is 17.1 Å². The highest BCUT2D eigenvalue weighted by Gasteiger charge is 2.32. The Morgan fingerprint density at radius 2 is 1.55 bits per heavy atom. The molecule has 0 radical (unpaired) electrons. The van der Waals surface area contributed by atoms with Gasteiger partial charge in [-0.2, -0.15) is 0 Å². The second kappa shape index (κ2) is 15.3. The van der Waals surface area contributed by atoms with Crippen molar-refractivity contribution < 1.29 is 18.0 Å². The summed E-state index contributed by atoms with van der Waals surface area (Å²) in [5.74, 6) is -0.327. The minimum atomic E-state index is -3.54. The van der Waals surface area contributed by atoms with Gasteiger partial charge >= 0.3 is 0 Å². The van der Waals surface area contributed by atoms with Crippen LogP contribution >= 0.6 is 15.9 Å². The van der Waals surface area contributed by atoms with E-state index in [9.17, 15) is 18.0 Å². The Morgan fingerprint density at radius 1 is 0.905 bits per heavy atom. The van der Waals surface area contributed by atoms with Crippen LogP contribution in [-0.2, 0) is 32.6 Å². The molecule has 0 bridgehead atoms. The zero-order valence-corrected chi connectivity index (χ0v) is 26.5. The second-order valence-corrected chi connectivity index (χ2v) is 13.8. The first-order chi connectivity index (χ1) is 20.2. The van der Waals surface area contributed by atoms with Gasteiger partial charge < -0.3 is 10.2 Å². The summed E-state index contributed by atoms with van der Waals surface area (Å²) in [5, 5.41) is 3.26. The molecule has 1 atom stereocenters. The number of benzene rings is 3. The summed E-state index contributed by atoms with van der Waals surface area (Å²) >= 11 is 3.53. The Hall–Kier alpha value is -3.17. The lowest BCUT2D eigenvalue weighted by Crippen LogP contribution is -2.52. The van der Waals surface area contributed by atoms with Crippen LogP contribution in [0.1, 0.15) is 56.1 Å². The van der Waals surface area contributed by atoms with E-state index in [4.69, 9.17) is 0 Å². The number of nitrogens with one attached hydrogen (secondary N) is 1. The number of para-hydroxylation sites is 1. The van der Waals surface area contributed by atoms with E-state index in [0.29, 0.717) is 18.5 Å². The third kappa shape index (κ3) is 9.42. The normalized spacial score (nSPS) is 14.6. The van der Waals surface area contributed by atoms with Crippen molar-refractivity contribution in [3.8, 4) is 0 Å². The van der Waals surface area contributed by atoms with Crippen LogP contribution in [0, 0.1) is 0 Å². The molecule has 3 aromatic rings. The van der Waals surface area contributed by atoms with E-state index in [1.807, 2.05) is 60.7 Å². The first-order valence-electron chi connectivity index (χ1n) is 14.6. The average Bonchev–Trinajstić information content (AvgIpc) is 2.98. The van der Waals surface area contributed by atoms with Gasteiger partial charge in [-0.25, -0.2) is 8.42 Å². The Morgan fingerprint density at radius 3 is 2.19 bits per heavy atom. The maximum atomic E-state index is 14.0. The molecule has 1 fully saturated rings. The fourth-order valence-electron chi connectivity index (χ4n) is 5.53. The fourth-order valence-corrected chi connectivity index (χ4v) is 6.94. The number of hydrogen-bond donors (Lipinski definition) is 1. The van der Waals surface area contributed by atoms with Crippen molar-refractivity contribution in [1.82, 2.24) is 10.2 Å². The summed E-state index contributed by atoms with van der Waals surface area (Å²) in [4.78, 5) is 29.6. The van der Waals surface area contributed by atoms with Gasteiger partial charge in [-0.3, -0.25) is 13.9 Å². The second-order valence-electron chi connectivity index (χ2n) is 11.0. The van der Waals surface area contributed by atoms with E-state index < -0.39 is 16.1 Å². The number of halogens is 1. The molecule has 7 nitrogen and oxygen atoms in total. The van der Waals surface area contributed by atoms with Crippen LogP contribution in [0.3, 0.4) is 0 Å². The van der Waals surface area contributed by atoms with Gasteiger partial charge in [0.1, 0.15) is 6.04 Å². The predicted octanol–water partition coefficient (Wildman–Crippen LogP) is 6.08. The van der Waals surface area contributed by atoms with Crippen molar-refractivity contribution >= 4 is 43.5 Å². The van der Waals surface area contributed by atoms with Crippen LogP contribution in [-0.4, -0.2) is 50.0 Å². The first-order valence-corrected chi connectivity index (χ1v) is 17.3. The van der Waals surface area contributed by atoms with Gasteiger partial charge in [0, 0.05) is 36.4 Å². The van der Waals surface area contributed by atoms with Crippen LogP contribution in [0.4, 0.5) is 5.69 Å². The SMILES string of the molecule is CS(=O)(=O)N(CCCC(=O)N(Cc1cccc(Br)c1)[C@H](Cc1ccccc1)C(=O)NC1CCCCC1)c1ccccc1. The van der Waals surface area contributed by atoms with Crippen LogP contribution in [0.2, 0.25) is 0 Å². The molecule has 1 aliphatic carbocycles. The number of anilines is 1. The zero-order valence-electron chi connectivity index (χ0n) is 24.1. The van der Waals surface area contributed by atoms with Crippen LogP contribution in [0.25, 0.3) is 0 Å². The molecule has 0 heterocycles. The number of carbonyl (C=O) groups is 2. The molecule has 1 aliphatic rings. The summed E-state index contributed by atoms with van der Waals surface area (Å²) in [6.07, 6.45) is 7.24. The largest absolute Gasteiger partial charge is 0.352 e. The van der Waals surface area contributed by atoms with E-state index in [2.05, 4.69) is 21.2 Å². The van der Waals surface area contributed by atoms with Gasteiger partial charge in [0.2, 0.25) is 21.8 Å². The molecule has 0 saturated heterocycles. The van der Waals surface area contributed by atoms with E-state index in [0.717, 1.165) is 41.3 Å². The van der Waals surface area contributed by atoms with Gasteiger partial charge in [-0.05, 0) is 54.7 Å². The number of carbonyl (C=O) groups excluding carboxylic acids is 2. The van der Waals surface area contributed by atoms with Crippen molar-refractivity contribution in [3.63, 3.8) is 0 Å². The Balaban J connectivity index is 1.58. The molecule has 0 aromatic heterocycles. The molecule has 224 valence electrons. The maximum absolute atomic E-state index is 14.0. The monoisotopic (exact) mass is 653 g/mol.